The molecule has 2 N–H and O–H groups in total. The predicted octanol–water partition coefficient (Wildman–Crippen LogP) is 2.17. The summed E-state index contributed by atoms with van der Waals surface area (Å²) >= 11 is 0. The van der Waals surface area contributed by atoms with Gasteiger partial charge >= 0.3 is 5.97 Å². The molecule has 0 unspecified atom stereocenters. The molecule has 0 atom stereocenters. The Morgan fingerprint density at radius 2 is 2.00 bits per heavy atom. The van der Waals surface area contributed by atoms with Gasteiger partial charge in [0.05, 0.1) is 6.54 Å². The number of carboxylic acids is 1. The standard InChI is InChI=1S/C13H17NO4/c15-12(9-4-2-1-3-5-9)14-8-10-6-7-11(18-10)13(16)17/h6-7,9H,1-5,8H2,(H,14,15)(H,16,17). The lowest BCUT2D eigenvalue weighted by atomic mass is 9.89. The zero-order valence-electron chi connectivity index (χ0n) is 10.1. The van der Waals surface area contributed by atoms with Crippen LogP contribution >= 0.6 is 0 Å². The number of aromatic carboxylic acids is 1. The van der Waals surface area contributed by atoms with Gasteiger partial charge in [0.25, 0.3) is 0 Å². The first-order valence-electron chi connectivity index (χ1n) is 6.26. The molecule has 0 saturated heterocycles. The normalized spacial score (nSPS) is 16.4. The van der Waals surface area contributed by atoms with Crippen molar-refractivity contribution in [1.82, 2.24) is 5.32 Å². The molecule has 0 spiro atoms. The molecule has 1 amide bonds. The zero-order chi connectivity index (χ0) is 13.0. The Bertz CT molecular complexity index is 432. The summed E-state index contributed by atoms with van der Waals surface area (Å²) in [4.78, 5) is 22.5. The zero-order valence-corrected chi connectivity index (χ0v) is 10.1. The van der Waals surface area contributed by atoms with Crippen molar-refractivity contribution in [3.8, 4) is 0 Å². The van der Waals surface area contributed by atoms with Crippen molar-refractivity contribution in [2.75, 3.05) is 0 Å². The molecule has 1 heterocycles. The lowest BCUT2D eigenvalue weighted by molar-refractivity contribution is -0.126. The second-order valence-corrected chi connectivity index (χ2v) is 4.62. The highest BCUT2D eigenvalue weighted by molar-refractivity contribution is 5.84. The SMILES string of the molecule is O=C(O)c1ccc(CNC(=O)C2CCCCC2)o1. The Hall–Kier alpha value is -1.78. The Kier molecular flexibility index (Phi) is 4.02. The lowest BCUT2D eigenvalue weighted by Gasteiger charge is -2.20. The molecule has 5 nitrogen and oxygen atoms in total. The average molecular weight is 251 g/mol. The number of hydrogen-bond acceptors (Lipinski definition) is 3. The molecule has 0 aliphatic heterocycles. The molecule has 0 radical (unpaired) electrons. The number of furan rings is 1. The van der Waals surface area contributed by atoms with Crippen LogP contribution in [0.5, 0.6) is 0 Å². The maximum absolute atomic E-state index is 11.8. The average Bonchev–Trinajstić information content (AvgIpc) is 2.86. The van der Waals surface area contributed by atoms with Crippen LogP contribution in [-0.4, -0.2) is 17.0 Å². The summed E-state index contributed by atoms with van der Waals surface area (Å²) in [7, 11) is 0. The fourth-order valence-electron chi connectivity index (χ4n) is 2.27. The number of carbonyl (C=O) groups excluding carboxylic acids is 1. The van der Waals surface area contributed by atoms with Crippen LogP contribution in [0.1, 0.15) is 48.4 Å². The summed E-state index contributed by atoms with van der Waals surface area (Å²) in [6, 6.07) is 2.97. The maximum atomic E-state index is 11.8. The first-order chi connectivity index (χ1) is 8.66. The summed E-state index contributed by atoms with van der Waals surface area (Å²) < 4.78 is 5.07. The minimum Gasteiger partial charge on any atom is -0.475 e. The van der Waals surface area contributed by atoms with Gasteiger partial charge in [0.1, 0.15) is 5.76 Å². The van der Waals surface area contributed by atoms with E-state index in [-0.39, 0.29) is 24.1 Å². The van der Waals surface area contributed by atoms with Gasteiger partial charge in [0, 0.05) is 5.92 Å². The van der Waals surface area contributed by atoms with E-state index < -0.39 is 5.97 Å². The van der Waals surface area contributed by atoms with E-state index in [0.717, 1.165) is 25.7 Å². The lowest BCUT2D eigenvalue weighted by Crippen LogP contribution is -2.31. The van der Waals surface area contributed by atoms with Gasteiger partial charge < -0.3 is 14.8 Å². The fraction of sp³-hybridized carbons (Fsp3) is 0.538. The Morgan fingerprint density at radius 1 is 1.28 bits per heavy atom. The van der Waals surface area contributed by atoms with Gasteiger partial charge in [-0.15, -0.1) is 0 Å². The molecule has 18 heavy (non-hydrogen) atoms. The van der Waals surface area contributed by atoms with Crippen molar-refractivity contribution in [3.63, 3.8) is 0 Å². The molecule has 2 rings (SSSR count). The Morgan fingerprint density at radius 3 is 2.61 bits per heavy atom. The number of amides is 1. The van der Waals surface area contributed by atoms with Gasteiger partial charge in [0.2, 0.25) is 11.7 Å². The van der Waals surface area contributed by atoms with Gasteiger partial charge in [-0.2, -0.15) is 0 Å². The second-order valence-electron chi connectivity index (χ2n) is 4.62. The minimum absolute atomic E-state index is 0.0444. The maximum Gasteiger partial charge on any atom is 0.371 e. The van der Waals surface area contributed by atoms with Crippen LogP contribution in [0, 0.1) is 5.92 Å². The van der Waals surface area contributed by atoms with Crippen LogP contribution in [0.15, 0.2) is 16.5 Å². The highest BCUT2D eigenvalue weighted by Gasteiger charge is 2.21. The van der Waals surface area contributed by atoms with Crippen molar-refractivity contribution in [2.24, 2.45) is 5.92 Å². The van der Waals surface area contributed by atoms with E-state index in [1.54, 1.807) is 6.07 Å². The van der Waals surface area contributed by atoms with E-state index in [1.807, 2.05) is 0 Å². The molecule has 1 aromatic heterocycles. The van der Waals surface area contributed by atoms with Crippen LogP contribution in [0.3, 0.4) is 0 Å². The highest BCUT2D eigenvalue weighted by atomic mass is 16.4. The monoisotopic (exact) mass is 251 g/mol. The molecule has 98 valence electrons. The number of carboxylic acid groups (broad SMARTS) is 1. The van der Waals surface area contributed by atoms with Crippen molar-refractivity contribution in [2.45, 2.75) is 38.6 Å². The van der Waals surface area contributed by atoms with Gasteiger partial charge in [-0.25, -0.2) is 4.79 Å². The predicted molar refractivity (Wildman–Crippen MR) is 64.1 cm³/mol. The van der Waals surface area contributed by atoms with Crippen molar-refractivity contribution in [1.29, 1.82) is 0 Å². The third-order valence-corrected chi connectivity index (χ3v) is 3.29. The fourth-order valence-corrected chi connectivity index (χ4v) is 2.27. The smallest absolute Gasteiger partial charge is 0.371 e. The van der Waals surface area contributed by atoms with Gasteiger partial charge in [0.15, 0.2) is 0 Å². The third-order valence-electron chi connectivity index (χ3n) is 3.29. The summed E-state index contributed by atoms with van der Waals surface area (Å²) in [6.07, 6.45) is 5.34. The molecule has 1 aliphatic rings. The second kappa shape index (κ2) is 5.71. The van der Waals surface area contributed by atoms with Gasteiger partial charge in [-0.05, 0) is 25.0 Å². The van der Waals surface area contributed by atoms with Crippen molar-refractivity contribution < 1.29 is 19.1 Å². The van der Waals surface area contributed by atoms with Crippen LogP contribution in [-0.2, 0) is 11.3 Å². The molecule has 0 aromatic carbocycles. The molecule has 1 fully saturated rings. The first-order valence-corrected chi connectivity index (χ1v) is 6.26. The molecule has 5 heteroatoms. The quantitative estimate of drug-likeness (QED) is 0.859. The van der Waals surface area contributed by atoms with Gasteiger partial charge in [-0.1, -0.05) is 19.3 Å². The number of hydrogen-bond donors (Lipinski definition) is 2. The van der Waals surface area contributed by atoms with Crippen LogP contribution in [0.4, 0.5) is 0 Å². The number of carbonyl (C=O) groups is 2. The number of nitrogens with one attached hydrogen (secondary N) is 1. The topological polar surface area (TPSA) is 79.5 Å². The molecular formula is C13H17NO4. The summed E-state index contributed by atoms with van der Waals surface area (Å²) in [6.45, 7) is 0.253. The molecule has 1 aromatic rings. The first kappa shape index (κ1) is 12.7. The third kappa shape index (κ3) is 3.12. The van der Waals surface area contributed by atoms with E-state index in [4.69, 9.17) is 9.52 Å². The Labute approximate surface area is 105 Å². The van der Waals surface area contributed by atoms with E-state index in [9.17, 15) is 9.59 Å². The summed E-state index contributed by atoms with van der Waals surface area (Å²) in [5.41, 5.74) is 0. The van der Waals surface area contributed by atoms with Crippen molar-refractivity contribution >= 4 is 11.9 Å². The molecule has 1 aliphatic carbocycles. The highest BCUT2D eigenvalue weighted by Crippen LogP contribution is 2.23. The summed E-state index contributed by atoms with van der Waals surface area (Å²) in [5, 5.41) is 11.5. The van der Waals surface area contributed by atoms with E-state index >= 15 is 0 Å². The molecule has 1 saturated carbocycles. The van der Waals surface area contributed by atoms with E-state index in [2.05, 4.69) is 5.32 Å². The van der Waals surface area contributed by atoms with Crippen LogP contribution in [0.2, 0.25) is 0 Å². The Balaban J connectivity index is 1.82. The van der Waals surface area contributed by atoms with E-state index in [1.165, 1.54) is 12.5 Å². The van der Waals surface area contributed by atoms with Gasteiger partial charge in [-0.3, -0.25) is 4.79 Å². The van der Waals surface area contributed by atoms with Crippen LogP contribution < -0.4 is 5.32 Å². The largest absolute Gasteiger partial charge is 0.475 e. The molecular weight excluding hydrogens is 234 g/mol. The number of rotatable bonds is 4. The minimum atomic E-state index is -1.10. The van der Waals surface area contributed by atoms with E-state index in [0.29, 0.717) is 5.76 Å². The summed E-state index contributed by atoms with van der Waals surface area (Å²) in [5.74, 6) is -0.580. The van der Waals surface area contributed by atoms with Crippen LogP contribution in [0.25, 0.3) is 0 Å². The van der Waals surface area contributed by atoms with Crippen molar-refractivity contribution in [3.05, 3.63) is 23.7 Å². The molecule has 0 bridgehead atoms.